The lowest BCUT2D eigenvalue weighted by Crippen LogP contribution is -2.02. The second-order valence-corrected chi connectivity index (χ2v) is 6.15. The van der Waals surface area contributed by atoms with Crippen molar-refractivity contribution in [3.8, 4) is 5.75 Å². The van der Waals surface area contributed by atoms with E-state index in [-0.39, 0.29) is 11.6 Å². The topological polar surface area (TPSA) is 53.3 Å². The number of esters is 1. The number of hydrogen-bond donors (Lipinski definition) is 0. The number of ether oxygens (including phenoxy) is 2. The van der Waals surface area contributed by atoms with Gasteiger partial charge in [0.15, 0.2) is 0 Å². The maximum absolute atomic E-state index is 11.6. The minimum Gasteiger partial charge on any atom is -0.497 e. The van der Waals surface area contributed by atoms with Crippen molar-refractivity contribution in [3.05, 3.63) is 63.9 Å². The zero-order valence-electron chi connectivity index (χ0n) is 14.0. The average molecular weight is 381 g/mol. The molecule has 0 saturated carbocycles. The molecule has 0 radical (unpaired) electrons. The van der Waals surface area contributed by atoms with Gasteiger partial charge in [-0.2, -0.15) is 5.10 Å². The Morgan fingerprint density at radius 2 is 2.20 bits per heavy atom. The molecule has 1 aromatic heterocycles. The van der Waals surface area contributed by atoms with E-state index in [1.165, 1.54) is 6.08 Å². The summed E-state index contributed by atoms with van der Waals surface area (Å²) in [5.74, 6) is 0.235. The number of methoxy groups -OCH3 is 1. The number of carbonyl (C=O) groups is 1. The van der Waals surface area contributed by atoms with Crippen molar-refractivity contribution < 1.29 is 14.3 Å². The lowest BCUT2D eigenvalue weighted by molar-refractivity contribution is -0.136. The molecule has 2 rings (SSSR count). The summed E-state index contributed by atoms with van der Waals surface area (Å²) >= 11 is 11.9. The Morgan fingerprint density at radius 3 is 2.88 bits per heavy atom. The molecule has 0 unspecified atom stereocenters. The first-order valence-corrected chi connectivity index (χ1v) is 8.20. The third kappa shape index (κ3) is 5.37. The van der Waals surface area contributed by atoms with Crippen molar-refractivity contribution >= 4 is 35.2 Å². The summed E-state index contributed by atoms with van der Waals surface area (Å²) < 4.78 is 11.8. The maximum atomic E-state index is 11.6. The van der Waals surface area contributed by atoms with E-state index in [1.807, 2.05) is 31.2 Å². The summed E-state index contributed by atoms with van der Waals surface area (Å²) in [6, 6.07) is 7.65. The van der Waals surface area contributed by atoms with Crippen molar-refractivity contribution in [2.24, 2.45) is 0 Å². The highest BCUT2D eigenvalue weighted by Crippen LogP contribution is 2.23. The fourth-order valence-corrected chi connectivity index (χ4v) is 2.51. The van der Waals surface area contributed by atoms with Gasteiger partial charge in [0.25, 0.3) is 0 Å². The second kappa shape index (κ2) is 8.74. The van der Waals surface area contributed by atoms with Crippen LogP contribution in [0.1, 0.15) is 16.8 Å². The van der Waals surface area contributed by atoms with Crippen LogP contribution >= 0.6 is 23.2 Å². The minimum absolute atomic E-state index is 0.0352. The smallest absolute Gasteiger partial charge is 0.331 e. The summed E-state index contributed by atoms with van der Waals surface area (Å²) in [4.78, 5) is 11.6. The molecule has 0 bridgehead atoms. The third-order valence-corrected chi connectivity index (χ3v) is 3.84. The molecule has 1 heterocycles. The molecule has 7 heteroatoms. The highest BCUT2D eigenvalue weighted by atomic mass is 35.5. The van der Waals surface area contributed by atoms with Crippen LogP contribution in [-0.4, -0.2) is 29.5 Å². The number of halogens is 2. The predicted octanol–water partition coefficient (Wildman–Crippen LogP) is 4.21. The minimum atomic E-state index is -0.530. The first-order chi connectivity index (χ1) is 11.9. The Balaban J connectivity index is 2.14. The summed E-state index contributed by atoms with van der Waals surface area (Å²) in [6.45, 7) is 5.72. The Labute approximate surface area is 156 Å². The van der Waals surface area contributed by atoms with Gasteiger partial charge in [-0.25, -0.2) is 9.48 Å². The monoisotopic (exact) mass is 380 g/mol. The zero-order chi connectivity index (χ0) is 18.4. The van der Waals surface area contributed by atoms with Gasteiger partial charge in [-0.15, -0.1) is 0 Å². The third-order valence-electron chi connectivity index (χ3n) is 3.33. The normalized spacial score (nSPS) is 10.9. The molecule has 1 aromatic carbocycles. The van der Waals surface area contributed by atoms with E-state index in [0.717, 1.165) is 11.3 Å². The molecule has 0 atom stereocenters. The van der Waals surface area contributed by atoms with Crippen LogP contribution in [0.15, 0.2) is 42.0 Å². The molecule has 0 aliphatic carbocycles. The molecule has 0 aliphatic rings. The van der Waals surface area contributed by atoms with Crippen molar-refractivity contribution in [1.82, 2.24) is 9.78 Å². The molecule has 0 aliphatic heterocycles. The SMILES string of the molecule is C=C(Cl)COC(=O)/C=C/c1c(C)nn(Cc2cccc(OC)c2)c1Cl. The lowest BCUT2D eigenvalue weighted by Gasteiger charge is -2.06. The Hall–Kier alpha value is -2.24. The first-order valence-electron chi connectivity index (χ1n) is 7.44. The van der Waals surface area contributed by atoms with Crippen LogP contribution in [0.5, 0.6) is 5.75 Å². The van der Waals surface area contributed by atoms with E-state index >= 15 is 0 Å². The summed E-state index contributed by atoms with van der Waals surface area (Å²) in [5.41, 5.74) is 2.37. The van der Waals surface area contributed by atoms with Crippen LogP contribution in [-0.2, 0) is 16.1 Å². The van der Waals surface area contributed by atoms with Gasteiger partial charge >= 0.3 is 5.97 Å². The summed E-state index contributed by atoms with van der Waals surface area (Å²) in [7, 11) is 1.62. The first kappa shape index (κ1) is 19.1. The molecule has 0 spiro atoms. The predicted molar refractivity (Wildman–Crippen MR) is 99.1 cm³/mol. The van der Waals surface area contributed by atoms with Crippen LogP contribution in [0, 0.1) is 6.92 Å². The number of nitrogens with zero attached hydrogens (tertiary/aromatic N) is 2. The van der Waals surface area contributed by atoms with Crippen LogP contribution in [0.2, 0.25) is 5.15 Å². The highest BCUT2D eigenvalue weighted by Gasteiger charge is 2.12. The van der Waals surface area contributed by atoms with Gasteiger partial charge in [0.1, 0.15) is 17.5 Å². The number of carbonyl (C=O) groups excluding carboxylic acids is 1. The molecular formula is C18H18Cl2N2O3. The quantitative estimate of drug-likeness (QED) is 0.533. The van der Waals surface area contributed by atoms with E-state index in [4.69, 9.17) is 32.7 Å². The summed E-state index contributed by atoms with van der Waals surface area (Å²) in [6.07, 6.45) is 2.86. The van der Waals surface area contributed by atoms with Crippen LogP contribution in [0.25, 0.3) is 6.08 Å². The highest BCUT2D eigenvalue weighted by molar-refractivity contribution is 6.31. The van der Waals surface area contributed by atoms with E-state index < -0.39 is 5.97 Å². The molecule has 0 N–H and O–H groups in total. The van der Waals surface area contributed by atoms with E-state index in [0.29, 0.717) is 23.0 Å². The Bertz CT molecular complexity index is 813. The van der Waals surface area contributed by atoms with Crippen molar-refractivity contribution in [1.29, 1.82) is 0 Å². The Kier molecular flexibility index (Phi) is 6.67. The van der Waals surface area contributed by atoms with Gasteiger partial charge in [-0.05, 0) is 30.7 Å². The second-order valence-electron chi connectivity index (χ2n) is 5.26. The van der Waals surface area contributed by atoms with E-state index in [9.17, 15) is 4.79 Å². The summed E-state index contributed by atoms with van der Waals surface area (Å²) in [5, 5.41) is 5.11. The van der Waals surface area contributed by atoms with E-state index in [1.54, 1.807) is 17.9 Å². The van der Waals surface area contributed by atoms with Gasteiger partial charge < -0.3 is 9.47 Å². The maximum Gasteiger partial charge on any atom is 0.331 e. The van der Waals surface area contributed by atoms with Crippen molar-refractivity contribution in [2.45, 2.75) is 13.5 Å². The average Bonchev–Trinajstić information content (AvgIpc) is 2.84. The number of aromatic nitrogens is 2. The number of benzene rings is 1. The fraction of sp³-hybridized carbons (Fsp3) is 0.222. The van der Waals surface area contributed by atoms with Gasteiger partial charge in [-0.1, -0.05) is 41.9 Å². The standard InChI is InChI=1S/C18H18Cl2N2O3/c1-12(19)11-25-17(23)8-7-16-13(2)21-22(18(16)20)10-14-5-4-6-15(9-14)24-3/h4-9H,1,10-11H2,2-3H3/b8-7+. The molecule has 0 amide bonds. The van der Waals surface area contributed by atoms with Crippen LogP contribution < -0.4 is 4.74 Å². The number of rotatable bonds is 7. The van der Waals surface area contributed by atoms with Gasteiger partial charge in [0, 0.05) is 16.7 Å². The molecule has 0 fully saturated rings. The molecule has 132 valence electrons. The number of hydrogen-bond acceptors (Lipinski definition) is 4. The van der Waals surface area contributed by atoms with Gasteiger partial charge in [0.05, 0.1) is 19.3 Å². The number of aryl methyl sites for hydroxylation is 1. The van der Waals surface area contributed by atoms with Crippen molar-refractivity contribution in [2.75, 3.05) is 13.7 Å². The van der Waals surface area contributed by atoms with Crippen LogP contribution in [0.3, 0.4) is 0 Å². The molecular weight excluding hydrogens is 363 g/mol. The molecule has 0 saturated heterocycles. The molecule has 2 aromatic rings. The van der Waals surface area contributed by atoms with Gasteiger partial charge in [-0.3, -0.25) is 0 Å². The fourth-order valence-electron chi connectivity index (χ4n) is 2.15. The molecule has 5 nitrogen and oxygen atoms in total. The van der Waals surface area contributed by atoms with Gasteiger partial charge in [0.2, 0.25) is 0 Å². The van der Waals surface area contributed by atoms with Crippen LogP contribution in [0.4, 0.5) is 0 Å². The molecule has 25 heavy (non-hydrogen) atoms. The lowest BCUT2D eigenvalue weighted by atomic mass is 10.2. The zero-order valence-corrected chi connectivity index (χ0v) is 15.5. The Morgan fingerprint density at radius 1 is 1.44 bits per heavy atom. The van der Waals surface area contributed by atoms with E-state index in [2.05, 4.69) is 11.7 Å². The largest absolute Gasteiger partial charge is 0.497 e. The van der Waals surface area contributed by atoms with Crippen molar-refractivity contribution in [3.63, 3.8) is 0 Å².